The van der Waals surface area contributed by atoms with Crippen molar-refractivity contribution in [2.24, 2.45) is 0 Å². The van der Waals surface area contributed by atoms with Gasteiger partial charge in [-0.2, -0.15) is 0 Å². The SMILES string of the molecule is CCc1cccc(C)c1NCCC(=O)Nc1cccc(C(=O)OC)c1. The Morgan fingerprint density at radius 1 is 1.12 bits per heavy atom. The fourth-order valence-corrected chi connectivity index (χ4v) is 2.64. The van der Waals surface area contributed by atoms with E-state index in [9.17, 15) is 9.59 Å². The summed E-state index contributed by atoms with van der Waals surface area (Å²) in [7, 11) is 1.33. The second-order valence-electron chi connectivity index (χ2n) is 5.76. The Balaban J connectivity index is 1.91. The minimum absolute atomic E-state index is 0.110. The molecule has 0 saturated heterocycles. The van der Waals surface area contributed by atoms with Gasteiger partial charge in [0, 0.05) is 24.3 Å². The average Bonchev–Trinajstić information content (AvgIpc) is 2.62. The van der Waals surface area contributed by atoms with Crippen LogP contribution in [0.25, 0.3) is 0 Å². The zero-order chi connectivity index (χ0) is 18.2. The largest absolute Gasteiger partial charge is 0.465 e. The van der Waals surface area contributed by atoms with Gasteiger partial charge in [-0.15, -0.1) is 0 Å². The summed E-state index contributed by atoms with van der Waals surface area (Å²) in [6, 6.07) is 12.9. The zero-order valence-corrected chi connectivity index (χ0v) is 14.9. The summed E-state index contributed by atoms with van der Waals surface area (Å²) in [5.74, 6) is -0.537. The van der Waals surface area contributed by atoms with Gasteiger partial charge >= 0.3 is 5.97 Å². The predicted octanol–water partition coefficient (Wildman–Crippen LogP) is 3.78. The highest BCUT2D eigenvalue weighted by molar-refractivity contribution is 5.94. The lowest BCUT2D eigenvalue weighted by Crippen LogP contribution is -2.17. The van der Waals surface area contributed by atoms with E-state index >= 15 is 0 Å². The molecule has 0 aliphatic rings. The first-order chi connectivity index (χ1) is 12.0. The van der Waals surface area contributed by atoms with Crippen molar-refractivity contribution in [1.29, 1.82) is 0 Å². The lowest BCUT2D eigenvalue weighted by molar-refractivity contribution is -0.115. The van der Waals surface area contributed by atoms with Crippen molar-refractivity contribution in [2.45, 2.75) is 26.7 Å². The van der Waals surface area contributed by atoms with Crippen molar-refractivity contribution in [3.8, 4) is 0 Å². The molecule has 1 amide bonds. The molecule has 0 aliphatic carbocycles. The average molecular weight is 340 g/mol. The van der Waals surface area contributed by atoms with Gasteiger partial charge in [0.15, 0.2) is 0 Å². The number of hydrogen-bond donors (Lipinski definition) is 2. The number of carbonyl (C=O) groups excluding carboxylic acids is 2. The first-order valence-corrected chi connectivity index (χ1v) is 8.35. The molecule has 0 bridgehead atoms. The van der Waals surface area contributed by atoms with Gasteiger partial charge in [0.05, 0.1) is 12.7 Å². The van der Waals surface area contributed by atoms with E-state index in [-0.39, 0.29) is 5.91 Å². The van der Waals surface area contributed by atoms with Crippen LogP contribution >= 0.6 is 0 Å². The lowest BCUT2D eigenvalue weighted by Gasteiger charge is -2.14. The Labute approximate surface area is 148 Å². The van der Waals surface area contributed by atoms with Gasteiger partial charge in [0.1, 0.15) is 0 Å². The quantitative estimate of drug-likeness (QED) is 0.753. The molecule has 0 spiro atoms. The van der Waals surface area contributed by atoms with Crippen LogP contribution in [-0.4, -0.2) is 25.5 Å². The number of anilines is 2. The van der Waals surface area contributed by atoms with Crippen molar-refractivity contribution in [2.75, 3.05) is 24.3 Å². The molecular weight excluding hydrogens is 316 g/mol. The summed E-state index contributed by atoms with van der Waals surface area (Å²) in [5.41, 5.74) is 4.51. The number of rotatable bonds is 7. The summed E-state index contributed by atoms with van der Waals surface area (Å²) >= 11 is 0. The number of nitrogens with one attached hydrogen (secondary N) is 2. The Morgan fingerprint density at radius 2 is 1.88 bits per heavy atom. The Bertz CT molecular complexity index is 756. The van der Waals surface area contributed by atoms with Crippen molar-refractivity contribution in [1.82, 2.24) is 0 Å². The van der Waals surface area contributed by atoms with Crippen molar-refractivity contribution >= 4 is 23.3 Å². The van der Waals surface area contributed by atoms with Crippen LogP contribution in [0.15, 0.2) is 42.5 Å². The van der Waals surface area contributed by atoms with Crippen LogP contribution in [-0.2, 0) is 16.0 Å². The number of para-hydroxylation sites is 1. The summed E-state index contributed by atoms with van der Waals surface area (Å²) in [4.78, 5) is 23.7. The van der Waals surface area contributed by atoms with Crippen molar-refractivity contribution in [3.63, 3.8) is 0 Å². The number of ether oxygens (including phenoxy) is 1. The molecule has 2 aromatic rings. The molecule has 5 nitrogen and oxygen atoms in total. The number of amides is 1. The van der Waals surface area contributed by atoms with E-state index in [1.54, 1.807) is 24.3 Å². The zero-order valence-electron chi connectivity index (χ0n) is 14.9. The Kier molecular flexibility index (Phi) is 6.57. The second-order valence-corrected chi connectivity index (χ2v) is 5.76. The number of hydrogen-bond acceptors (Lipinski definition) is 4. The minimum atomic E-state index is -0.426. The standard InChI is InChI=1S/C20H24N2O3/c1-4-15-8-5-7-14(2)19(15)21-12-11-18(23)22-17-10-6-9-16(13-17)20(24)25-3/h5-10,13,21H,4,11-12H2,1-3H3,(H,22,23). The van der Waals surface area contributed by atoms with Gasteiger partial charge in [0.2, 0.25) is 5.91 Å². The number of carbonyl (C=O) groups is 2. The molecule has 25 heavy (non-hydrogen) atoms. The summed E-state index contributed by atoms with van der Waals surface area (Å²) < 4.78 is 4.68. The molecule has 132 valence electrons. The van der Waals surface area contributed by atoms with E-state index in [1.165, 1.54) is 18.2 Å². The highest BCUT2D eigenvalue weighted by atomic mass is 16.5. The van der Waals surface area contributed by atoms with E-state index in [0.29, 0.717) is 24.2 Å². The molecule has 0 aromatic heterocycles. The summed E-state index contributed by atoms with van der Waals surface area (Å²) in [5, 5.41) is 6.16. The first-order valence-electron chi connectivity index (χ1n) is 8.35. The number of methoxy groups -OCH3 is 1. The third-order valence-electron chi connectivity index (χ3n) is 3.96. The molecule has 0 radical (unpaired) electrons. The van der Waals surface area contributed by atoms with E-state index in [4.69, 9.17) is 0 Å². The molecule has 2 rings (SSSR count). The van der Waals surface area contributed by atoms with Crippen LogP contribution < -0.4 is 10.6 Å². The van der Waals surface area contributed by atoms with E-state index < -0.39 is 5.97 Å². The maximum atomic E-state index is 12.1. The maximum Gasteiger partial charge on any atom is 0.337 e. The molecular formula is C20H24N2O3. The molecule has 0 saturated carbocycles. The molecule has 0 aliphatic heterocycles. The highest BCUT2D eigenvalue weighted by Crippen LogP contribution is 2.21. The third-order valence-corrected chi connectivity index (χ3v) is 3.96. The van der Waals surface area contributed by atoms with Crippen LogP contribution in [0, 0.1) is 6.92 Å². The number of esters is 1. The topological polar surface area (TPSA) is 67.4 Å². The molecule has 5 heteroatoms. The minimum Gasteiger partial charge on any atom is -0.465 e. The molecule has 2 N–H and O–H groups in total. The molecule has 0 unspecified atom stereocenters. The van der Waals surface area contributed by atoms with Crippen LogP contribution in [0.5, 0.6) is 0 Å². The number of benzene rings is 2. The van der Waals surface area contributed by atoms with Gasteiger partial charge in [-0.3, -0.25) is 4.79 Å². The first kappa shape index (κ1) is 18.5. The fraction of sp³-hybridized carbons (Fsp3) is 0.300. The summed E-state index contributed by atoms with van der Waals surface area (Å²) in [6.07, 6.45) is 1.27. The predicted molar refractivity (Wildman–Crippen MR) is 100 cm³/mol. The number of aryl methyl sites for hydroxylation is 2. The van der Waals surface area contributed by atoms with Crippen LogP contribution in [0.2, 0.25) is 0 Å². The third kappa shape index (κ3) is 5.08. The van der Waals surface area contributed by atoms with Gasteiger partial charge in [-0.25, -0.2) is 4.79 Å². The monoisotopic (exact) mass is 340 g/mol. The van der Waals surface area contributed by atoms with Crippen LogP contribution in [0.3, 0.4) is 0 Å². The smallest absolute Gasteiger partial charge is 0.337 e. The van der Waals surface area contributed by atoms with Crippen LogP contribution in [0.1, 0.15) is 34.8 Å². The Hall–Kier alpha value is -2.82. The van der Waals surface area contributed by atoms with Crippen LogP contribution in [0.4, 0.5) is 11.4 Å². The van der Waals surface area contributed by atoms with E-state index in [1.807, 2.05) is 6.07 Å². The molecule has 0 fully saturated rings. The van der Waals surface area contributed by atoms with E-state index in [2.05, 4.69) is 41.4 Å². The molecule has 2 aromatic carbocycles. The van der Waals surface area contributed by atoms with Gasteiger partial charge in [0.25, 0.3) is 0 Å². The maximum absolute atomic E-state index is 12.1. The van der Waals surface area contributed by atoms with Crippen molar-refractivity contribution < 1.29 is 14.3 Å². The lowest BCUT2D eigenvalue weighted by atomic mass is 10.1. The van der Waals surface area contributed by atoms with Gasteiger partial charge < -0.3 is 15.4 Å². The Morgan fingerprint density at radius 3 is 2.60 bits per heavy atom. The van der Waals surface area contributed by atoms with Gasteiger partial charge in [-0.05, 0) is 42.7 Å². The fourth-order valence-electron chi connectivity index (χ4n) is 2.64. The molecule has 0 atom stereocenters. The normalized spacial score (nSPS) is 10.2. The van der Waals surface area contributed by atoms with Crippen molar-refractivity contribution in [3.05, 3.63) is 59.2 Å². The van der Waals surface area contributed by atoms with E-state index in [0.717, 1.165) is 12.1 Å². The second kappa shape index (κ2) is 8.87. The highest BCUT2D eigenvalue weighted by Gasteiger charge is 2.09. The van der Waals surface area contributed by atoms with Gasteiger partial charge in [-0.1, -0.05) is 31.2 Å². The summed E-state index contributed by atoms with van der Waals surface area (Å²) in [6.45, 7) is 4.71. The molecule has 0 heterocycles.